The van der Waals surface area contributed by atoms with Crippen LogP contribution in [0, 0.1) is 5.92 Å². The Kier molecular flexibility index (Phi) is 4.77. The quantitative estimate of drug-likeness (QED) is 0.823. The molecule has 0 spiro atoms. The number of nitrogens with zero attached hydrogens (tertiary/aromatic N) is 1. The monoisotopic (exact) mass is 261 g/mol. The molecule has 2 unspecified atom stereocenters. The van der Waals surface area contributed by atoms with E-state index in [-0.39, 0.29) is 5.91 Å². The first-order chi connectivity index (χ1) is 9.20. The minimum atomic E-state index is -0.00565. The summed E-state index contributed by atoms with van der Waals surface area (Å²) in [6.07, 6.45) is 7.71. The highest BCUT2D eigenvalue weighted by Gasteiger charge is 2.22. The van der Waals surface area contributed by atoms with Gasteiger partial charge in [-0.15, -0.1) is 0 Å². The summed E-state index contributed by atoms with van der Waals surface area (Å²) in [4.78, 5) is 16.4. The van der Waals surface area contributed by atoms with Crippen molar-refractivity contribution in [2.75, 3.05) is 12.4 Å². The van der Waals surface area contributed by atoms with Gasteiger partial charge in [-0.25, -0.2) is 4.98 Å². The molecule has 0 bridgehead atoms. The molecule has 0 saturated heterocycles. The Morgan fingerprint density at radius 2 is 2.05 bits per heavy atom. The van der Waals surface area contributed by atoms with Crippen molar-refractivity contribution in [1.29, 1.82) is 0 Å². The first kappa shape index (κ1) is 13.8. The Balaban J connectivity index is 1.98. The van der Waals surface area contributed by atoms with Gasteiger partial charge in [0.25, 0.3) is 5.91 Å². The van der Waals surface area contributed by atoms with E-state index >= 15 is 0 Å². The van der Waals surface area contributed by atoms with Gasteiger partial charge in [0.15, 0.2) is 0 Å². The van der Waals surface area contributed by atoms with Crippen LogP contribution in [0.4, 0.5) is 5.82 Å². The van der Waals surface area contributed by atoms with E-state index in [0.717, 1.165) is 12.2 Å². The number of carbonyl (C=O) groups excluding carboxylic acids is 1. The molecule has 0 aromatic carbocycles. The third-order valence-electron chi connectivity index (χ3n) is 3.96. The topological polar surface area (TPSA) is 54.0 Å². The lowest BCUT2D eigenvalue weighted by Crippen LogP contribution is -2.38. The van der Waals surface area contributed by atoms with Gasteiger partial charge in [-0.1, -0.05) is 26.2 Å². The molecule has 2 atom stereocenters. The second-order valence-corrected chi connectivity index (χ2v) is 5.38. The number of carbonyl (C=O) groups is 1. The van der Waals surface area contributed by atoms with Crippen molar-refractivity contribution in [2.45, 2.75) is 45.1 Å². The largest absolute Gasteiger partial charge is 0.373 e. The number of amides is 1. The van der Waals surface area contributed by atoms with Crippen molar-refractivity contribution in [3.05, 3.63) is 23.9 Å². The van der Waals surface area contributed by atoms with Gasteiger partial charge in [0.1, 0.15) is 5.82 Å². The van der Waals surface area contributed by atoms with Gasteiger partial charge < -0.3 is 10.6 Å². The fourth-order valence-corrected chi connectivity index (χ4v) is 2.64. The predicted molar refractivity (Wildman–Crippen MR) is 77.3 cm³/mol. The third kappa shape index (κ3) is 3.69. The van der Waals surface area contributed by atoms with Crippen LogP contribution in [0.1, 0.15) is 49.4 Å². The SMILES string of the molecule is CNc1ccc(C(=O)NC2CCCCCC2C)cn1. The maximum atomic E-state index is 12.2. The van der Waals surface area contributed by atoms with Crippen molar-refractivity contribution >= 4 is 11.7 Å². The van der Waals surface area contributed by atoms with Gasteiger partial charge in [-0.2, -0.15) is 0 Å². The van der Waals surface area contributed by atoms with Crippen LogP contribution in [-0.2, 0) is 0 Å². The molecule has 4 heteroatoms. The van der Waals surface area contributed by atoms with E-state index in [9.17, 15) is 4.79 Å². The summed E-state index contributed by atoms with van der Waals surface area (Å²) in [5.74, 6) is 1.34. The maximum absolute atomic E-state index is 12.2. The molecule has 4 nitrogen and oxygen atoms in total. The summed E-state index contributed by atoms with van der Waals surface area (Å²) in [7, 11) is 1.81. The summed E-state index contributed by atoms with van der Waals surface area (Å²) in [5.41, 5.74) is 0.635. The minimum absolute atomic E-state index is 0.00565. The first-order valence-corrected chi connectivity index (χ1v) is 7.15. The van der Waals surface area contributed by atoms with Crippen molar-refractivity contribution in [3.63, 3.8) is 0 Å². The average Bonchev–Trinajstić information content (AvgIpc) is 2.64. The van der Waals surface area contributed by atoms with E-state index in [0.29, 0.717) is 17.5 Å². The molecule has 1 saturated carbocycles. The smallest absolute Gasteiger partial charge is 0.253 e. The van der Waals surface area contributed by atoms with Crippen LogP contribution in [-0.4, -0.2) is 24.0 Å². The van der Waals surface area contributed by atoms with Crippen LogP contribution < -0.4 is 10.6 Å². The third-order valence-corrected chi connectivity index (χ3v) is 3.96. The first-order valence-electron chi connectivity index (χ1n) is 7.15. The molecule has 1 heterocycles. The van der Waals surface area contributed by atoms with Crippen molar-refractivity contribution < 1.29 is 4.79 Å². The molecule has 1 fully saturated rings. The molecule has 2 N–H and O–H groups in total. The number of hydrogen-bond acceptors (Lipinski definition) is 3. The zero-order valence-electron chi connectivity index (χ0n) is 11.8. The molecule has 104 valence electrons. The van der Waals surface area contributed by atoms with Gasteiger partial charge in [-0.05, 0) is 30.9 Å². The van der Waals surface area contributed by atoms with Gasteiger partial charge in [0.2, 0.25) is 0 Å². The van der Waals surface area contributed by atoms with E-state index in [1.807, 2.05) is 19.2 Å². The highest BCUT2D eigenvalue weighted by atomic mass is 16.1. The summed E-state index contributed by atoms with van der Waals surface area (Å²) in [6.45, 7) is 2.23. The Morgan fingerprint density at radius 1 is 1.26 bits per heavy atom. The molecule has 0 aliphatic heterocycles. The average molecular weight is 261 g/mol. The normalized spacial score (nSPS) is 23.5. The molecule has 1 aromatic rings. The van der Waals surface area contributed by atoms with Crippen LogP contribution in [0.25, 0.3) is 0 Å². The van der Waals surface area contributed by atoms with Gasteiger partial charge in [0, 0.05) is 19.3 Å². The summed E-state index contributed by atoms with van der Waals surface area (Å²) < 4.78 is 0. The molecule has 1 aromatic heterocycles. The van der Waals surface area contributed by atoms with Crippen molar-refractivity contribution in [2.24, 2.45) is 5.92 Å². The number of rotatable bonds is 3. The molecule has 19 heavy (non-hydrogen) atoms. The standard InChI is InChI=1S/C15H23N3O/c1-11-6-4-3-5-7-13(11)18-15(19)12-8-9-14(16-2)17-10-12/h8-11,13H,3-7H2,1-2H3,(H,16,17)(H,18,19). The maximum Gasteiger partial charge on any atom is 0.253 e. The van der Waals surface area contributed by atoms with Gasteiger partial charge in [0.05, 0.1) is 5.56 Å². The summed E-state index contributed by atoms with van der Waals surface area (Å²) in [6, 6.07) is 3.94. The lowest BCUT2D eigenvalue weighted by molar-refractivity contribution is 0.0921. The highest BCUT2D eigenvalue weighted by molar-refractivity contribution is 5.94. The van der Waals surface area contributed by atoms with E-state index in [4.69, 9.17) is 0 Å². The number of hydrogen-bond donors (Lipinski definition) is 2. The Morgan fingerprint density at radius 3 is 2.74 bits per heavy atom. The van der Waals surface area contributed by atoms with Crippen molar-refractivity contribution in [3.8, 4) is 0 Å². The Hall–Kier alpha value is -1.58. The lowest BCUT2D eigenvalue weighted by atomic mass is 9.97. The Labute approximate surface area is 115 Å². The fraction of sp³-hybridized carbons (Fsp3) is 0.600. The molecular weight excluding hydrogens is 238 g/mol. The van der Waals surface area contributed by atoms with Gasteiger partial charge in [-0.3, -0.25) is 4.79 Å². The summed E-state index contributed by atoms with van der Waals surface area (Å²) in [5, 5.41) is 6.11. The second-order valence-electron chi connectivity index (χ2n) is 5.38. The number of anilines is 1. The number of pyridine rings is 1. The zero-order chi connectivity index (χ0) is 13.7. The fourth-order valence-electron chi connectivity index (χ4n) is 2.64. The van der Waals surface area contributed by atoms with Crippen LogP contribution in [0.2, 0.25) is 0 Å². The van der Waals surface area contributed by atoms with Crippen LogP contribution in [0.15, 0.2) is 18.3 Å². The lowest BCUT2D eigenvalue weighted by Gasteiger charge is -2.22. The van der Waals surface area contributed by atoms with Crippen molar-refractivity contribution in [1.82, 2.24) is 10.3 Å². The van der Waals surface area contributed by atoms with Crippen LogP contribution in [0.3, 0.4) is 0 Å². The van der Waals surface area contributed by atoms with Crippen LogP contribution in [0.5, 0.6) is 0 Å². The molecular formula is C15H23N3O. The highest BCUT2D eigenvalue weighted by Crippen LogP contribution is 2.23. The minimum Gasteiger partial charge on any atom is -0.373 e. The van der Waals surface area contributed by atoms with E-state index in [1.54, 1.807) is 6.20 Å². The zero-order valence-corrected chi connectivity index (χ0v) is 11.8. The number of aromatic nitrogens is 1. The van der Waals surface area contributed by atoms with E-state index in [1.165, 1.54) is 25.7 Å². The molecule has 0 radical (unpaired) electrons. The molecule has 2 rings (SSSR count). The molecule has 1 aliphatic carbocycles. The number of nitrogens with one attached hydrogen (secondary N) is 2. The van der Waals surface area contributed by atoms with E-state index in [2.05, 4.69) is 22.5 Å². The summed E-state index contributed by atoms with van der Waals surface area (Å²) >= 11 is 0. The predicted octanol–water partition coefficient (Wildman–Crippen LogP) is 2.82. The Bertz CT molecular complexity index is 416. The van der Waals surface area contributed by atoms with Crippen LogP contribution >= 0.6 is 0 Å². The second kappa shape index (κ2) is 6.55. The van der Waals surface area contributed by atoms with Gasteiger partial charge >= 0.3 is 0 Å². The molecule has 1 aliphatic rings. The van der Waals surface area contributed by atoms with E-state index < -0.39 is 0 Å². The molecule has 1 amide bonds.